The summed E-state index contributed by atoms with van der Waals surface area (Å²) in [6.07, 6.45) is 3.75. The number of benzene rings is 1. The number of imidazole rings is 1. The van der Waals surface area contributed by atoms with E-state index in [1.807, 2.05) is 0 Å². The normalized spacial score (nSPS) is 21.3. The molecule has 2 heterocycles. The number of aryl methyl sites for hydroxylation is 1. The molecule has 1 aromatic carbocycles. The van der Waals surface area contributed by atoms with Crippen LogP contribution in [0.3, 0.4) is 0 Å². The number of para-hydroxylation sites is 2. The minimum Gasteiger partial charge on any atom is -0.328 e. The Balaban J connectivity index is 2.20. The Kier molecular flexibility index (Phi) is 2.01. The lowest BCUT2D eigenvalue weighted by Crippen LogP contribution is -2.06. The predicted octanol–water partition coefficient (Wildman–Crippen LogP) is 3.01. The van der Waals surface area contributed by atoms with Crippen molar-refractivity contribution >= 4 is 11.0 Å². The van der Waals surface area contributed by atoms with Gasteiger partial charge in [0.25, 0.3) is 0 Å². The van der Waals surface area contributed by atoms with Crippen molar-refractivity contribution in [2.24, 2.45) is 5.92 Å². The SMILES string of the molecule is C[C@@H]1CCCc2nc3ccccc3n2C1. The van der Waals surface area contributed by atoms with E-state index in [2.05, 4.69) is 35.8 Å². The average Bonchev–Trinajstić information content (AvgIpc) is 2.47. The third kappa shape index (κ3) is 1.44. The third-order valence-corrected chi connectivity index (χ3v) is 3.33. The molecular weight excluding hydrogens is 184 g/mol. The van der Waals surface area contributed by atoms with Gasteiger partial charge < -0.3 is 4.57 Å². The van der Waals surface area contributed by atoms with Gasteiger partial charge in [-0.15, -0.1) is 0 Å². The molecule has 1 aromatic heterocycles. The van der Waals surface area contributed by atoms with Crippen LogP contribution in [0.1, 0.15) is 25.6 Å². The molecule has 0 spiro atoms. The first-order valence-corrected chi connectivity index (χ1v) is 5.79. The van der Waals surface area contributed by atoms with E-state index in [1.54, 1.807) is 0 Å². The molecule has 15 heavy (non-hydrogen) atoms. The number of rotatable bonds is 0. The van der Waals surface area contributed by atoms with Gasteiger partial charge in [0.2, 0.25) is 0 Å². The second-order valence-corrected chi connectivity index (χ2v) is 4.62. The van der Waals surface area contributed by atoms with E-state index >= 15 is 0 Å². The van der Waals surface area contributed by atoms with Gasteiger partial charge in [-0.3, -0.25) is 0 Å². The van der Waals surface area contributed by atoms with Gasteiger partial charge in [0.05, 0.1) is 11.0 Å². The number of nitrogens with zero attached hydrogens (tertiary/aromatic N) is 2. The minimum atomic E-state index is 0.781. The van der Waals surface area contributed by atoms with Gasteiger partial charge in [-0.25, -0.2) is 4.98 Å². The van der Waals surface area contributed by atoms with Crippen molar-refractivity contribution in [1.82, 2.24) is 9.55 Å². The Morgan fingerprint density at radius 1 is 1.33 bits per heavy atom. The van der Waals surface area contributed by atoms with Crippen molar-refractivity contribution in [3.05, 3.63) is 30.1 Å². The van der Waals surface area contributed by atoms with Crippen LogP contribution in [0.2, 0.25) is 0 Å². The highest BCUT2D eigenvalue weighted by atomic mass is 15.1. The smallest absolute Gasteiger partial charge is 0.109 e. The summed E-state index contributed by atoms with van der Waals surface area (Å²) in [6.45, 7) is 3.47. The van der Waals surface area contributed by atoms with Gasteiger partial charge in [0.15, 0.2) is 0 Å². The van der Waals surface area contributed by atoms with Gasteiger partial charge in [-0.05, 0) is 30.9 Å². The maximum atomic E-state index is 4.71. The molecule has 0 saturated carbocycles. The van der Waals surface area contributed by atoms with Gasteiger partial charge in [-0.2, -0.15) is 0 Å². The summed E-state index contributed by atoms with van der Waals surface area (Å²) in [4.78, 5) is 4.71. The van der Waals surface area contributed by atoms with E-state index in [0.717, 1.165) is 24.4 Å². The summed E-state index contributed by atoms with van der Waals surface area (Å²) < 4.78 is 2.41. The molecule has 1 atom stereocenters. The van der Waals surface area contributed by atoms with Crippen molar-refractivity contribution in [3.63, 3.8) is 0 Å². The van der Waals surface area contributed by atoms with E-state index < -0.39 is 0 Å². The van der Waals surface area contributed by atoms with Crippen molar-refractivity contribution < 1.29 is 0 Å². The highest BCUT2D eigenvalue weighted by Gasteiger charge is 2.16. The molecule has 0 bridgehead atoms. The molecule has 0 aliphatic carbocycles. The Hall–Kier alpha value is -1.31. The molecule has 78 valence electrons. The molecule has 0 saturated heterocycles. The Labute approximate surface area is 89.9 Å². The average molecular weight is 200 g/mol. The number of hydrogen-bond acceptors (Lipinski definition) is 1. The van der Waals surface area contributed by atoms with Crippen molar-refractivity contribution in [1.29, 1.82) is 0 Å². The van der Waals surface area contributed by atoms with E-state index in [-0.39, 0.29) is 0 Å². The van der Waals surface area contributed by atoms with E-state index in [0.29, 0.717) is 0 Å². The fraction of sp³-hybridized carbons (Fsp3) is 0.462. The summed E-state index contributed by atoms with van der Waals surface area (Å²) in [7, 11) is 0. The van der Waals surface area contributed by atoms with Crippen LogP contribution in [-0.4, -0.2) is 9.55 Å². The lowest BCUT2D eigenvalue weighted by molar-refractivity contribution is 0.471. The summed E-state index contributed by atoms with van der Waals surface area (Å²) in [5, 5.41) is 0. The van der Waals surface area contributed by atoms with Crippen LogP contribution in [0.25, 0.3) is 11.0 Å². The summed E-state index contributed by atoms with van der Waals surface area (Å²) in [6, 6.07) is 8.47. The second kappa shape index (κ2) is 3.37. The summed E-state index contributed by atoms with van der Waals surface area (Å²) in [5.74, 6) is 2.06. The molecule has 2 heteroatoms. The predicted molar refractivity (Wildman–Crippen MR) is 61.8 cm³/mol. The summed E-state index contributed by atoms with van der Waals surface area (Å²) >= 11 is 0. The highest BCUT2D eigenvalue weighted by Crippen LogP contribution is 2.24. The van der Waals surface area contributed by atoms with Gasteiger partial charge in [0, 0.05) is 13.0 Å². The minimum absolute atomic E-state index is 0.781. The molecule has 1 aliphatic heterocycles. The van der Waals surface area contributed by atoms with E-state index in [4.69, 9.17) is 4.98 Å². The Morgan fingerprint density at radius 2 is 2.20 bits per heavy atom. The van der Waals surface area contributed by atoms with Gasteiger partial charge in [-0.1, -0.05) is 19.1 Å². The van der Waals surface area contributed by atoms with Crippen LogP contribution in [0.15, 0.2) is 24.3 Å². The molecule has 0 radical (unpaired) electrons. The maximum absolute atomic E-state index is 4.71. The molecule has 0 amide bonds. The maximum Gasteiger partial charge on any atom is 0.109 e. The van der Waals surface area contributed by atoms with Crippen LogP contribution in [0.5, 0.6) is 0 Å². The first-order valence-electron chi connectivity index (χ1n) is 5.79. The molecule has 0 fully saturated rings. The molecule has 0 N–H and O–H groups in total. The van der Waals surface area contributed by atoms with Crippen LogP contribution in [0, 0.1) is 5.92 Å². The van der Waals surface area contributed by atoms with E-state index in [9.17, 15) is 0 Å². The fourth-order valence-corrected chi connectivity index (χ4v) is 2.53. The molecular formula is C13H16N2. The fourth-order valence-electron chi connectivity index (χ4n) is 2.53. The van der Waals surface area contributed by atoms with Crippen LogP contribution >= 0.6 is 0 Å². The van der Waals surface area contributed by atoms with E-state index in [1.165, 1.54) is 24.2 Å². The lowest BCUT2D eigenvalue weighted by atomic mass is 10.1. The third-order valence-electron chi connectivity index (χ3n) is 3.33. The molecule has 3 rings (SSSR count). The van der Waals surface area contributed by atoms with Crippen molar-refractivity contribution in [2.75, 3.05) is 0 Å². The zero-order chi connectivity index (χ0) is 10.3. The quantitative estimate of drug-likeness (QED) is 0.639. The standard InChI is InChI=1S/C13H16N2/c1-10-5-4-8-13-14-11-6-2-3-7-12(11)15(13)9-10/h2-3,6-7,10H,4-5,8-9H2,1H3/t10-/m1/s1. The number of fused-ring (bicyclic) bond motifs is 3. The van der Waals surface area contributed by atoms with Crippen LogP contribution in [-0.2, 0) is 13.0 Å². The van der Waals surface area contributed by atoms with Crippen LogP contribution < -0.4 is 0 Å². The monoisotopic (exact) mass is 200 g/mol. The zero-order valence-electron chi connectivity index (χ0n) is 9.11. The largest absolute Gasteiger partial charge is 0.328 e. The molecule has 2 aromatic rings. The topological polar surface area (TPSA) is 17.8 Å². The first kappa shape index (κ1) is 8.96. The number of aromatic nitrogens is 2. The Morgan fingerprint density at radius 3 is 3.13 bits per heavy atom. The van der Waals surface area contributed by atoms with Crippen LogP contribution in [0.4, 0.5) is 0 Å². The summed E-state index contributed by atoms with van der Waals surface area (Å²) in [5.41, 5.74) is 2.46. The molecule has 0 unspecified atom stereocenters. The van der Waals surface area contributed by atoms with Gasteiger partial charge >= 0.3 is 0 Å². The number of hydrogen-bond donors (Lipinski definition) is 0. The van der Waals surface area contributed by atoms with Gasteiger partial charge in [0.1, 0.15) is 5.82 Å². The Bertz CT molecular complexity index is 484. The lowest BCUT2D eigenvalue weighted by Gasteiger charge is -2.09. The van der Waals surface area contributed by atoms with Crippen molar-refractivity contribution in [2.45, 2.75) is 32.7 Å². The zero-order valence-corrected chi connectivity index (χ0v) is 9.11. The molecule has 2 nitrogen and oxygen atoms in total. The second-order valence-electron chi connectivity index (χ2n) is 4.62. The molecule has 1 aliphatic rings. The van der Waals surface area contributed by atoms with Crippen molar-refractivity contribution in [3.8, 4) is 0 Å². The highest BCUT2D eigenvalue weighted by molar-refractivity contribution is 5.75. The first-order chi connectivity index (χ1) is 7.34.